The first kappa shape index (κ1) is 14.8. The van der Waals surface area contributed by atoms with Crippen LogP contribution in [0.3, 0.4) is 0 Å². The highest BCUT2D eigenvalue weighted by Crippen LogP contribution is 2.27. The molecule has 20 heavy (non-hydrogen) atoms. The molecule has 2 rings (SSSR count). The van der Waals surface area contributed by atoms with Crippen molar-refractivity contribution in [3.05, 3.63) is 21.4 Å². The third kappa shape index (κ3) is 3.30. The Kier molecular flexibility index (Phi) is 4.32. The summed E-state index contributed by atoms with van der Waals surface area (Å²) in [5.41, 5.74) is 1.16. The van der Waals surface area contributed by atoms with Gasteiger partial charge in [-0.2, -0.15) is 0 Å². The summed E-state index contributed by atoms with van der Waals surface area (Å²) in [5, 5.41) is 11.7. The van der Waals surface area contributed by atoms with E-state index in [-0.39, 0.29) is 24.4 Å². The molecule has 1 saturated heterocycles. The third-order valence-corrected chi connectivity index (χ3v) is 4.58. The second kappa shape index (κ2) is 5.83. The number of carboxylic acid groups (broad SMARTS) is 1. The minimum atomic E-state index is -0.798. The molecule has 1 aromatic heterocycles. The molecule has 1 aliphatic rings. The van der Waals surface area contributed by atoms with Crippen molar-refractivity contribution >= 4 is 23.3 Å². The van der Waals surface area contributed by atoms with Crippen LogP contribution in [0.2, 0.25) is 0 Å². The molecule has 0 radical (unpaired) electrons. The Balaban J connectivity index is 1.84. The highest BCUT2D eigenvalue weighted by Gasteiger charge is 2.32. The van der Waals surface area contributed by atoms with Gasteiger partial charge in [0.15, 0.2) is 0 Å². The summed E-state index contributed by atoms with van der Waals surface area (Å²) in [6.07, 6.45) is 0.141. The largest absolute Gasteiger partial charge is 0.481 e. The van der Waals surface area contributed by atoms with E-state index in [2.05, 4.69) is 25.2 Å². The average molecular weight is 296 g/mol. The molecule has 1 aliphatic heterocycles. The third-order valence-electron chi connectivity index (χ3n) is 3.59. The molecule has 2 amide bonds. The Labute approximate surface area is 122 Å². The van der Waals surface area contributed by atoms with E-state index in [9.17, 15) is 9.59 Å². The molecule has 0 saturated carbocycles. The first-order chi connectivity index (χ1) is 9.36. The van der Waals surface area contributed by atoms with E-state index in [1.165, 1.54) is 9.75 Å². The highest BCUT2D eigenvalue weighted by atomic mass is 32.1. The van der Waals surface area contributed by atoms with Gasteiger partial charge in [-0.15, -0.1) is 11.3 Å². The Bertz CT molecular complexity index is 520. The van der Waals surface area contributed by atoms with Gasteiger partial charge in [-0.3, -0.25) is 4.79 Å². The second-order valence-corrected chi connectivity index (χ2v) is 6.87. The summed E-state index contributed by atoms with van der Waals surface area (Å²) < 4.78 is 0. The molecule has 5 nitrogen and oxygen atoms in total. The number of carboxylic acids is 1. The van der Waals surface area contributed by atoms with Gasteiger partial charge < -0.3 is 15.3 Å². The maximum Gasteiger partial charge on any atom is 0.317 e. The zero-order valence-corrected chi connectivity index (χ0v) is 12.8. The predicted molar refractivity (Wildman–Crippen MR) is 78.1 cm³/mol. The fourth-order valence-corrected chi connectivity index (χ4v) is 3.57. The van der Waals surface area contributed by atoms with Gasteiger partial charge in [0.05, 0.1) is 12.5 Å². The topological polar surface area (TPSA) is 69.6 Å². The molecule has 0 aliphatic carbocycles. The number of rotatable bonds is 4. The average Bonchev–Trinajstić information content (AvgIpc) is 2.62. The van der Waals surface area contributed by atoms with Crippen LogP contribution < -0.4 is 5.32 Å². The lowest BCUT2D eigenvalue weighted by Gasteiger charge is -2.39. The van der Waals surface area contributed by atoms with Crippen molar-refractivity contribution in [3.8, 4) is 0 Å². The molecule has 1 atom stereocenters. The van der Waals surface area contributed by atoms with Gasteiger partial charge >= 0.3 is 12.0 Å². The van der Waals surface area contributed by atoms with Crippen molar-refractivity contribution in [2.45, 2.75) is 33.2 Å². The van der Waals surface area contributed by atoms with E-state index in [1.54, 1.807) is 16.2 Å². The molecular formula is C14H20N2O3S. The number of aliphatic carboxylic acids is 1. The molecule has 1 unspecified atom stereocenters. The number of nitrogens with one attached hydrogen (secondary N) is 1. The number of nitrogens with zero attached hydrogens (tertiary/aromatic N) is 1. The van der Waals surface area contributed by atoms with E-state index in [0.29, 0.717) is 13.1 Å². The van der Waals surface area contributed by atoms with Crippen molar-refractivity contribution in [1.29, 1.82) is 0 Å². The molecule has 2 N–H and O–H groups in total. The number of thiophene rings is 1. The summed E-state index contributed by atoms with van der Waals surface area (Å²) in [5.74, 6) is -0.702. The molecule has 0 spiro atoms. The van der Waals surface area contributed by atoms with E-state index in [0.717, 1.165) is 5.56 Å². The van der Waals surface area contributed by atoms with Gasteiger partial charge in [-0.25, -0.2) is 4.79 Å². The molecular weight excluding hydrogens is 276 g/mol. The normalized spacial score (nSPS) is 16.6. The summed E-state index contributed by atoms with van der Waals surface area (Å²) >= 11 is 1.73. The number of aryl methyl sites for hydroxylation is 2. The number of hydrogen-bond acceptors (Lipinski definition) is 3. The Morgan fingerprint density at radius 3 is 2.65 bits per heavy atom. The number of likely N-dealkylation sites (tertiary alicyclic amines) is 1. The van der Waals surface area contributed by atoms with Gasteiger partial charge in [0.25, 0.3) is 0 Å². The van der Waals surface area contributed by atoms with Gasteiger partial charge in [0.2, 0.25) is 0 Å². The van der Waals surface area contributed by atoms with Crippen LogP contribution in [0, 0.1) is 19.8 Å². The Hall–Kier alpha value is -1.56. The van der Waals surface area contributed by atoms with Crippen molar-refractivity contribution < 1.29 is 14.7 Å². The zero-order chi connectivity index (χ0) is 14.9. The van der Waals surface area contributed by atoms with E-state index < -0.39 is 5.97 Å². The first-order valence-electron chi connectivity index (χ1n) is 6.71. The van der Waals surface area contributed by atoms with Crippen LogP contribution in [0.4, 0.5) is 4.79 Å². The maximum absolute atomic E-state index is 12.0. The minimum absolute atomic E-state index is 0.0222. The van der Waals surface area contributed by atoms with Crippen LogP contribution in [-0.4, -0.2) is 35.1 Å². The van der Waals surface area contributed by atoms with Gasteiger partial charge in [0.1, 0.15) is 0 Å². The first-order valence-corrected chi connectivity index (χ1v) is 7.52. The van der Waals surface area contributed by atoms with Gasteiger partial charge in [-0.1, -0.05) is 0 Å². The Morgan fingerprint density at radius 2 is 2.15 bits per heavy atom. The standard InChI is InChI=1S/C14H20N2O3S/c1-8-4-12(10(3)20-8)9(2)15-14(19)16-6-11(7-16)5-13(17)18/h4,9,11H,5-7H2,1-3H3,(H,15,19)(H,17,18). The van der Waals surface area contributed by atoms with Gasteiger partial charge in [-0.05, 0) is 32.4 Å². The van der Waals surface area contributed by atoms with Crippen LogP contribution in [0.25, 0.3) is 0 Å². The quantitative estimate of drug-likeness (QED) is 0.897. The van der Waals surface area contributed by atoms with Crippen molar-refractivity contribution in [2.75, 3.05) is 13.1 Å². The lowest BCUT2D eigenvalue weighted by atomic mass is 9.97. The number of amides is 2. The number of carbonyl (C=O) groups is 2. The number of carbonyl (C=O) groups excluding carboxylic acids is 1. The fourth-order valence-electron chi connectivity index (χ4n) is 2.55. The number of urea groups is 1. The van der Waals surface area contributed by atoms with Crippen LogP contribution in [-0.2, 0) is 4.79 Å². The summed E-state index contributed by atoms with van der Waals surface area (Å²) in [4.78, 5) is 26.7. The van der Waals surface area contributed by atoms with Crippen LogP contribution >= 0.6 is 11.3 Å². The van der Waals surface area contributed by atoms with Crippen LogP contribution in [0.5, 0.6) is 0 Å². The van der Waals surface area contributed by atoms with Crippen molar-refractivity contribution in [2.24, 2.45) is 5.92 Å². The van der Waals surface area contributed by atoms with Gasteiger partial charge in [0, 0.05) is 28.8 Å². The van der Waals surface area contributed by atoms with Crippen LogP contribution in [0.15, 0.2) is 6.07 Å². The molecule has 6 heteroatoms. The molecule has 1 fully saturated rings. The molecule has 0 bridgehead atoms. The molecule has 1 aromatic rings. The molecule has 2 heterocycles. The second-order valence-electron chi connectivity index (χ2n) is 5.41. The predicted octanol–water partition coefficient (Wildman–Crippen LogP) is 2.54. The molecule has 110 valence electrons. The lowest BCUT2D eigenvalue weighted by molar-refractivity contribution is -0.139. The SMILES string of the molecule is Cc1cc(C(C)NC(=O)N2CC(CC(=O)O)C2)c(C)s1. The summed E-state index contributed by atoms with van der Waals surface area (Å²) in [7, 11) is 0. The summed E-state index contributed by atoms with van der Waals surface area (Å²) in [6, 6.07) is 1.97. The van der Waals surface area contributed by atoms with E-state index in [4.69, 9.17) is 5.11 Å². The highest BCUT2D eigenvalue weighted by molar-refractivity contribution is 7.12. The minimum Gasteiger partial charge on any atom is -0.481 e. The number of hydrogen-bond donors (Lipinski definition) is 2. The fraction of sp³-hybridized carbons (Fsp3) is 0.571. The summed E-state index contributed by atoms with van der Waals surface area (Å²) in [6.45, 7) is 7.16. The molecule has 0 aromatic carbocycles. The van der Waals surface area contributed by atoms with Crippen molar-refractivity contribution in [3.63, 3.8) is 0 Å². The van der Waals surface area contributed by atoms with Crippen molar-refractivity contribution in [1.82, 2.24) is 10.2 Å². The lowest BCUT2D eigenvalue weighted by Crippen LogP contribution is -2.54. The van der Waals surface area contributed by atoms with E-state index in [1.807, 2.05) is 6.92 Å². The monoisotopic (exact) mass is 296 g/mol. The smallest absolute Gasteiger partial charge is 0.317 e. The van der Waals surface area contributed by atoms with Crippen LogP contribution in [0.1, 0.15) is 34.7 Å². The Morgan fingerprint density at radius 1 is 1.50 bits per heavy atom. The van der Waals surface area contributed by atoms with E-state index >= 15 is 0 Å². The zero-order valence-electron chi connectivity index (χ0n) is 12.0. The maximum atomic E-state index is 12.0.